The topological polar surface area (TPSA) is 94.8 Å². The van der Waals surface area contributed by atoms with Crippen LogP contribution in [-0.2, 0) is 16.0 Å². The van der Waals surface area contributed by atoms with Crippen molar-refractivity contribution in [2.75, 3.05) is 43.2 Å². The van der Waals surface area contributed by atoms with Crippen molar-refractivity contribution in [3.05, 3.63) is 78.0 Å². The van der Waals surface area contributed by atoms with Crippen molar-refractivity contribution in [3.63, 3.8) is 0 Å². The molecule has 210 valence electrons. The lowest BCUT2D eigenvalue weighted by Crippen LogP contribution is -3.12. The fourth-order valence-corrected chi connectivity index (χ4v) is 5.40. The predicted molar refractivity (Wildman–Crippen MR) is 155 cm³/mol. The van der Waals surface area contributed by atoms with Crippen LogP contribution < -0.4 is 15.1 Å². The van der Waals surface area contributed by atoms with E-state index in [1.165, 1.54) is 0 Å². The summed E-state index contributed by atoms with van der Waals surface area (Å²) in [4.78, 5) is 41.9. The Hall–Kier alpha value is -4.02. The maximum Gasteiger partial charge on any atom is 0.257 e. The number of carbonyl (C=O) groups is 2. The van der Waals surface area contributed by atoms with Gasteiger partial charge in [-0.3, -0.25) is 14.5 Å². The number of ether oxygens (including phenoxy) is 1. The minimum absolute atomic E-state index is 0.0336. The standard InChI is InChI=1S/C30H37N7O3/c1-21(2)37(22(3)4)28(38)17-23-6-5-7-25(16-23)36-19-26(29-31-10-11-35(29)20-36)33-27-9-8-24(18-32-27)30(39)34-12-14-40-15-13-34/h5-11,16,18-19,21-22H,12-15,17,20H2,1-4H3,(H,32,33)/p+1. The Labute approximate surface area is 235 Å². The second-order valence-corrected chi connectivity index (χ2v) is 10.8. The van der Waals surface area contributed by atoms with Gasteiger partial charge in [-0.1, -0.05) is 12.1 Å². The highest BCUT2D eigenvalue weighted by molar-refractivity contribution is 5.97. The molecule has 2 N–H and O–H groups in total. The van der Waals surface area contributed by atoms with Crippen LogP contribution in [0.1, 0.15) is 43.6 Å². The Kier molecular flexibility index (Phi) is 8.27. The Balaban J connectivity index is 1.32. The van der Waals surface area contributed by atoms with Crippen LogP contribution in [0.2, 0.25) is 0 Å². The average molecular weight is 545 g/mol. The van der Waals surface area contributed by atoms with E-state index in [-0.39, 0.29) is 23.9 Å². The molecule has 10 heteroatoms. The number of carbonyl (C=O) groups excluding carboxylic acids is 2. The van der Waals surface area contributed by atoms with Crippen LogP contribution in [0.4, 0.5) is 11.5 Å². The van der Waals surface area contributed by atoms with Gasteiger partial charge in [0.25, 0.3) is 11.7 Å². The van der Waals surface area contributed by atoms with Crippen molar-refractivity contribution in [1.82, 2.24) is 14.8 Å². The first-order chi connectivity index (χ1) is 19.3. The number of hydrogen-bond donors (Lipinski definition) is 2. The number of amidine groups is 1. The van der Waals surface area contributed by atoms with E-state index in [9.17, 15) is 9.59 Å². The first kappa shape index (κ1) is 27.5. The third-order valence-corrected chi connectivity index (χ3v) is 7.23. The molecular formula is C30H38N7O3+. The summed E-state index contributed by atoms with van der Waals surface area (Å²) in [5.74, 6) is 1.60. The second kappa shape index (κ2) is 12.0. The van der Waals surface area contributed by atoms with Crippen LogP contribution in [0.5, 0.6) is 0 Å². The predicted octanol–water partition coefficient (Wildman–Crippen LogP) is 2.24. The molecule has 0 bridgehead atoms. The lowest BCUT2D eigenvalue weighted by Gasteiger charge is -2.31. The van der Waals surface area contributed by atoms with Crippen molar-refractivity contribution in [3.8, 4) is 0 Å². The second-order valence-electron chi connectivity index (χ2n) is 10.8. The van der Waals surface area contributed by atoms with Crippen LogP contribution in [0.3, 0.4) is 0 Å². The molecule has 3 aliphatic heterocycles. The fraction of sp³-hybridized carbons (Fsp3) is 0.400. The number of nitrogens with zero attached hydrogens (tertiary/aromatic N) is 5. The van der Waals surface area contributed by atoms with E-state index in [1.807, 2.05) is 41.7 Å². The molecule has 1 aromatic carbocycles. The van der Waals surface area contributed by atoms with E-state index in [2.05, 4.69) is 60.0 Å². The van der Waals surface area contributed by atoms with Gasteiger partial charge in [-0.15, -0.1) is 0 Å². The first-order valence-corrected chi connectivity index (χ1v) is 13.9. The molecule has 1 atom stereocenters. The number of aromatic nitrogens is 1. The summed E-state index contributed by atoms with van der Waals surface area (Å²) >= 11 is 0. The third kappa shape index (κ3) is 6.08. The normalized spacial score (nSPS) is 18.5. The molecule has 0 spiro atoms. The highest BCUT2D eigenvalue weighted by Gasteiger charge is 2.31. The van der Waals surface area contributed by atoms with E-state index in [0.717, 1.165) is 27.7 Å². The maximum absolute atomic E-state index is 13.1. The Morgan fingerprint density at radius 3 is 2.58 bits per heavy atom. The number of fused-ring (bicyclic) bond motifs is 1. The summed E-state index contributed by atoms with van der Waals surface area (Å²) in [6, 6.07) is 12.1. The Morgan fingerprint density at radius 2 is 1.88 bits per heavy atom. The molecule has 5 rings (SSSR count). The van der Waals surface area contributed by atoms with Gasteiger partial charge in [0.15, 0.2) is 6.67 Å². The summed E-state index contributed by atoms with van der Waals surface area (Å²) in [7, 11) is 0. The number of anilines is 2. The third-order valence-electron chi connectivity index (χ3n) is 7.23. The van der Waals surface area contributed by atoms with Crippen LogP contribution in [0.25, 0.3) is 0 Å². The summed E-state index contributed by atoms with van der Waals surface area (Å²) in [6.45, 7) is 11.2. The molecule has 2 amide bonds. The number of rotatable bonds is 8. The monoisotopic (exact) mass is 544 g/mol. The number of benzene rings is 1. The van der Waals surface area contributed by atoms with Crippen LogP contribution >= 0.6 is 0 Å². The van der Waals surface area contributed by atoms with E-state index in [4.69, 9.17) is 4.74 Å². The molecule has 0 aliphatic carbocycles. The van der Waals surface area contributed by atoms with Gasteiger partial charge in [0.2, 0.25) is 5.91 Å². The zero-order valence-electron chi connectivity index (χ0n) is 23.6. The number of nitrogens with one attached hydrogen (secondary N) is 2. The van der Waals surface area contributed by atoms with Crippen molar-refractivity contribution < 1.29 is 19.2 Å². The largest absolute Gasteiger partial charge is 0.378 e. The minimum Gasteiger partial charge on any atom is -0.378 e. The number of amides is 2. The molecule has 1 saturated heterocycles. The number of morpholine rings is 1. The number of pyridine rings is 1. The zero-order valence-corrected chi connectivity index (χ0v) is 23.6. The molecule has 40 heavy (non-hydrogen) atoms. The average Bonchev–Trinajstić information content (AvgIpc) is 3.42. The molecule has 4 heterocycles. The number of hydrogen-bond acceptors (Lipinski definition) is 7. The highest BCUT2D eigenvalue weighted by Crippen LogP contribution is 2.21. The molecule has 0 saturated carbocycles. The SMILES string of the molecule is CC(C)N(C(=O)Cc1cccc(N2C=C(Nc3ccc(C(=O)N4CCOCC4)cn3)C3=NC=C[NH+]3C2)c1)C(C)C. The summed E-state index contributed by atoms with van der Waals surface area (Å²) < 4.78 is 5.35. The molecule has 10 nitrogen and oxygen atoms in total. The number of quaternary nitrogens is 1. The van der Waals surface area contributed by atoms with Crippen molar-refractivity contribution in [2.24, 2.45) is 4.99 Å². The van der Waals surface area contributed by atoms with Crippen molar-refractivity contribution >= 4 is 29.2 Å². The van der Waals surface area contributed by atoms with E-state index >= 15 is 0 Å². The Morgan fingerprint density at radius 1 is 1.10 bits per heavy atom. The lowest BCUT2D eigenvalue weighted by atomic mass is 10.1. The van der Waals surface area contributed by atoms with E-state index < -0.39 is 0 Å². The first-order valence-electron chi connectivity index (χ1n) is 13.9. The molecule has 3 aliphatic rings. The van der Waals surface area contributed by atoms with Gasteiger partial charge < -0.3 is 19.9 Å². The highest BCUT2D eigenvalue weighted by atomic mass is 16.5. The van der Waals surface area contributed by atoms with Crippen molar-refractivity contribution in [2.45, 2.75) is 46.2 Å². The van der Waals surface area contributed by atoms with Gasteiger partial charge >= 0.3 is 0 Å². The quantitative estimate of drug-likeness (QED) is 0.530. The summed E-state index contributed by atoms with van der Waals surface area (Å²) in [5.41, 5.74) is 3.35. The zero-order chi connectivity index (χ0) is 28.2. The molecule has 2 aromatic rings. The van der Waals surface area contributed by atoms with Gasteiger partial charge in [-0.2, -0.15) is 4.99 Å². The van der Waals surface area contributed by atoms with Crippen molar-refractivity contribution in [1.29, 1.82) is 0 Å². The molecular weight excluding hydrogens is 506 g/mol. The summed E-state index contributed by atoms with van der Waals surface area (Å²) in [5, 5.41) is 3.40. The summed E-state index contributed by atoms with van der Waals surface area (Å²) in [6.07, 6.45) is 7.82. The van der Waals surface area contributed by atoms with Gasteiger partial charge in [0.05, 0.1) is 31.4 Å². The fourth-order valence-electron chi connectivity index (χ4n) is 5.40. The molecule has 0 radical (unpaired) electrons. The van der Waals surface area contributed by atoms with Crippen LogP contribution in [0, 0.1) is 0 Å². The smallest absolute Gasteiger partial charge is 0.257 e. The lowest BCUT2D eigenvalue weighted by molar-refractivity contribution is -0.743. The molecule has 1 fully saturated rings. The number of aliphatic imine (C=N–C) groups is 1. The van der Waals surface area contributed by atoms with Gasteiger partial charge in [0.1, 0.15) is 17.7 Å². The van der Waals surface area contributed by atoms with E-state index in [0.29, 0.717) is 50.8 Å². The van der Waals surface area contributed by atoms with Gasteiger partial charge in [0, 0.05) is 43.3 Å². The molecule has 1 aromatic heterocycles. The maximum atomic E-state index is 13.1. The Bertz CT molecular complexity index is 1320. The van der Waals surface area contributed by atoms with Gasteiger partial charge in [-0.25, -0.2) is 9.88 Å². The van der Waals surface area contributed by atoms with E-state index in [1.54, 1.807) is 17.2 Å². The van der Waals surface area contributed by atoms with Gasteiger partial charge in [-0.05, 0) is 57.5 Å². The van der Waals surface area contributed by atoms with Crippen LogP contribution in [0.15, 0.2) is 71.9 Å². The molecule has 1 unspecified atom stereocenters. The van der Waals surface area contributed by atoms with Crippen LogP contribution in [-0.4, -0.2) is 77.5 Å². The minimum atomic E-state index is -0.0336.